The van der Waals surface area contributed by atoms with E-state index in [1.807, 2.05) is 0 Å². The monoisotopic (exact) mass is 142 g/mol. The molecular formula is C7H14N2O. The Balaban J connectivity index is 2.34. The Morgan fingerprint density at radius 3 is 3.10 bits per heavy atom. The lowest BCUT2D eigenvalue weighted by molar-refractivity contribution is -0.111. The maximum atomic E-state index is 10.4. The highest BCUT2D eigenvalue weighted by molar-refractivity contribution is 5.58. The fourth-order valence-electron chi connectivity index (χ4n) is 1.45. The van der Waals surface area contributed by atoms with Gasteiger partial charge in [0.1, 0.15) is 6.29 Å². The lowest BCUT2D eigenvalue weighted by Gasteiger charge is -2.17. The summed E-state index contributed by atoms with van der Waals surface area (Å²) >= 11 is 0. The van der Waals surface area contributed by atoms with Gasteiger partial charge in [0.25, 0.3) is 0 Å². The largest absolute Gasteiger partial charge is 0.329 e. The van der Waals surface area contributed by atoms with Gasteiger partial charge in [-0.25, -0.2) is 0 Å². The molecule has 1 rings (SSSR count). The summed E-state index contributed by atoms with van der Waals surface area (Å²) in [5, 5.41) is 0. The molecule has 3 nitrogen and oxygen atoms in total. The van der Waals surface area contributed by atoms with Crippen LogP contribution in [0, 0.1) is 0 Å². The highest BCUT2D eigenvalue weighted by Gasteiger charge is 2.22. The second-order valence-corrected chi connectivity index (χ2v) is 2.67. The third kappa shape index (κ3) is 1.55. The quantitative estimate of drug-likeness (QED) is 0.546. The topological polar surface area (TPSA) is 46.3 Å². The van der Waals surface area contributed by atoms with Gasteiger partial charge < -0.3 is 10.5 Å². The van der Waals surface area contributed by atoms with Crippen molar-refractivity contribution in [2.45, 2.75) is 18.9 Å². The van der Waals surface area contributed by atoms with Gasteiger partial charge in [0.15, 0.2) is 0 Å². The first-order valence-corrected chi connectivity index (χ1v) is 3.78. The summed E-state index contributed by atoms with van der Waals surface area (Å²) in [4.78, 5) is 12.6. The zero-order valence-electron chi connectivity index (χ0n) is 6.12. The zero-order chi connectivity index (χ0) is 7.40. The number of hydrogen-bond acceptors (Lipinski definition) is 3. The number of hydrogen-bond donors (Lipinski definition) is 1. The van der Waals surface area contributed by atoms with Crippen molar-refractivity contribution in [1.82, 2.24) is 4.90 Å². The van der Waals surface area contributed by atoms with Crippen LogP contribution in [0.25, 0.3) is 0 Å². The lowest BCUT2D eigenvalue weighted by Crippen LogP contribution is -2.34. The Hall–Kier alpha value is -0.410. The van der Waals surface area contributed by atoms with E-state index < -0.39 is 0 Å². The molecular weight excluding hydrogens is 128 g/mol. The molecule has 0 amide bonds. The standard InChI is InChI=1S/C7H14N2O/c8-3-5-9-4-1-2-7(9)6-10/h6-7H,1-5,8H2/t7-/m0/s1. The van der Waals surface area contributed by atoms with Crippen LogP contribution in [0.2, 0.25) is 0 Å². The summed E-state index contributed by atoms with van der Waals surface area (Å²) in [5.41, 5.74) is 5.37. The van der Waals surface area contributed by atoms with E-state index in [-0.39, 0.29) is 6.04 Å². The van der Waals surface area contributed by atoms with Crippen molar-refractivity contribution in [2.24, 2.45) is 5.73 Å². The number of nitrogens with zero attached hydrogens (tertiary/aromatic N) is 1. The molecule has 0 unspecified atom stereocenters. The predicted molar refractivity (Wildman–Crippen MR) is 39.7 cm³/mol. The zero-order valence-corrected chi connectivity index (χ0v) is 6.12. The predicted octanol–water partition coefficient (Wildman–Crippen LogP) is -0.392. The van der Waals surface area contributed by atoms with E-state index in [9.17, 15) is 4.79 Å². The normalized spacial score (nSPS) is 27.1. The van der Waals surface area contributed by atoms with Crippen LogP contribution in [0.1, 0.15) is 12.8 Å². The van der Waals surface area contributed by atoms with E-state index in [0.717, 1.165) is 32.2 Å². The van der Waals surface area contributed by atoms with Crippen molar-refractivity contribution < 1.29 is 4.79 Å². The third-order valence-corrected chi connectivity index (χ3v) is 1.99. The molecule has 0 aromatic rings. The molecule has 0 aromatic heterocycles. The lowest BCUT2D eigenvalue weighted by atomic mass is 10.2. The van der Waals surface area contributed by atoms with Crippen molar-refractivity contribution in [3.63, 3.8) is 0 Å². The minimum atomic E-state index is 0.156. The van der Waals surface area contributed by atoms with E-state index in [0.29, 0.717) is 6.54 Å². The molecule has 0 radical (unpaired) electrons. The molecule has 1 atom stereocenters. The minimum absolute atomic E-state index is 0.156. The molecule has 0 saturated carbocycles. The van der Waals surface area contributed by atoms with Crippen molar-refractivity contribution in [1.29, 1.82) is 0 Å². The van der Waals surface area contributed by atoms with Gasteiger partial charge in [-0.3, -0.25) is 4.90 Å². The highest BCUT2D eigenvalue weighted by Crippen LogP contribution is 2.13. The van der Waals surface area contributed by atoms with E-state index in [2.05, 4.69) is 4.90 Å². The molecule has 0 bridgehead atoms. The fraction of sp³-hybridized carbons (Fsp3) is 0.857. The first-order valence-electron chi connectivity index (χ1n) is 3.78. The maximum absolute atomic E-state index is 10.4. The van der Waals surface area contributed by atoms with E-state index in [1.165, 1.54) is 0 Å². The van der Waals surface area contributed by atoms with Crippen molar-refractivity contribution in [3.8, 4) is 0 Å². The van der Waals surface area contributed by atoms with Gasteiger partial charge in [0, 0.05) is 13.1 Å². The molecule has 0 aromatic carbocycles. The average molecular weight is 142 g/mol. The van der Waals surface area contributed by atoms with Gasteiger partial charge in [-0.05, 0) is 19.4 Å². The number of carbonyl (C=O) groups excluding carboxylic acids is 1. The Morgan fingerprint density at radius 2 is 2.50 bits per heavy atom. The fourth-order valence-corrected chi connectivity index (χ4v) is 1.45. The number of nitrogens with two attached hydrogens (primary N) is 1. The maximum Gasteiger partial charge on any atom is 0.137 e. The summed E-state index contributed by atoms with van der Waals surface area (Å²) in [6, 6.07) is 0.156. The smallest absolute Gasteiger partial charge is 0.137 e. The summed E-state index contributed by atoms with van der Waals surface area (Å²) in [5.74, 6) is 0. The van der Waals surface area contributed by atoms with Gasteiger partial charge in [0.2, 0.25) is 0 Å². The Labute approximate surface area is 61.2 Å². The second kappa shape index (κ2) is 3.68. The van der Waals surface area contributed by atoms with Crippen molar-refractivity contribution in [2.75, 3.05) is 19.6 Å². The molecule has 0 aliphatic carbocycles. The van der Waals surface area contributed by atoms with Gasteiger partial charge in [-0.2, -0.15) is 0 Å². The number of rotatable bonds is 3. The van der Waals surface area contributed by atoms with Crippen molar-refractivity contribution in [3.05, 3.63) is 0 Å². The molecule has 3 heteroatoms. The van der Waals surface area contributed by atoms with Crippen LogP contribution in [-0.2, 0) is 4.79 Å². The SMILES string of the molecule is NCCN1CCC[C@H]1C=O. The highest BCUT2D eigenvalue weighted by atomic mass is 16.1. The van der Waals surface area contributed by atoms with Crippen LogP contribution in [0.3, 0.4) is 0 Å². The summed E-state index contributed by atoms with van der Waals surface area (Å²) in [7, 11) is 0. The van der Waals surface area contributed by atoms with Crippen LogP contribution in [0.5, 0.6) is 0 Å². The molecule has 1 aliphatic heterocycles. The second-order valence-electron chi connectivity index (χ2n) is 2.67. The van der Waals surface area contributed by atoms with Gasteiger partial charge >= 0.3 is 0 Å². The van der Waals surface area contributed by atoms with E-state index in [4.69, 9.17) is 5.73 Å². The molecule has 10 heavy (non-hydrogen) atoms. The van der Waals surface area contributed by atoms with Crippen LogP contribution < -0.4 is 5.73 Å². The van der Waals surface area contributed by atoms with Gasteiger partial charge in [-0.15, -0.1) is 0 Å². The average Bonchev–Trinajstić information content (AvgIpc) is 2.36. The summed E-state index contributed by atoms with van der Waals surface area (Å²) in [6.45, 7) is 2.56. The van der Waals surface area contributed by atoms with Crippen LogP contribution in [0.4, 0.5) is 0 Å². The first-order chi connectivity index (χ1) is 4.88. The Bertz CT molecular complexity index is 116. The molecule has 0 spiro atoms. The molecule has 58 valence electrons. The summed E-state index contributed by atoms with van der Waals surface area (Å²) < 4.78 is 0. The molecule has 2 N–H and O–H groups in total. The molecule has 1 saturated heterocycles. The van der Waals surface area contributed by atoms with E-state index in [1.54, 1.807) is 0 Å². The molecule has 1 fully saturated rings. The van der Waals surface area contributed by atoms with Crippen molar-refractivity contribution >= 4 is 6.29 Å². The number of aldehydes is 1. The molecule has 1 aliphatic rings. The number of carbonyl (C=O) groups is 1. The van der Waals surface area contributed by atoms with Gasteiger partial charge in [0.05, 0.1) is 6.04 Å². The minimum Gasteiger partial charge on any atom is -0.329 e. The molecule has 1 heterocycles. The Kier molecular flexibility index (Phi) is 2.83. The first kappa shape index (κ1) is 7.69. The van der Waals surface area contributed by atoms with E-state index >= 15 is 0 Å². The van der Waals surface area contributed by atoms with Crippen LogP contribution in [0.15, 0.2) is 0 Å². The van der Waals surface area contributed by atoms with Crippen LogP contribution in [-0.4, -0.2) is 36.9 Å². The van der Waals surface area contributed by atoms with Gasteiger partial charge in [-0.1, -0.05) is 0 Å². The number of likely N-dealkylation sites (tertiary alicyclic amines) is 1. The summed E-state index contributed by atoms with van der Waals surface area (Å²) in [6.07, 6.45) is 3.19. The Morgan fingerprint density at radius 1 is 1.70 bits per heavy atom. The third-order valence-electron chi connectivity index (χ3n) is 1.99. The van der Waals surface area contributed by atoms with Crippen LogP contribution >= 0.6 is 0 Å².